The molecule has 0 aliphatic carbocycles. The van der Waals surface area contributed by atoms with Crippen molar-refractivity contribution in [1.29, 1.82) is 0 Å². The van der Waals surface area contributed by atoms with E-state index in [4.69, 9.17) is 11.6 Å². The van der Waals surface area contributed by atoms with Crippen molar-refractivity contribution in [3.63, 3.8) is 0 Å². The Bertz CT molecular complexity index is 1430. The van der Waals surface area contributed by atoms with Gasteiger partial charge in [-0.15, -0.1) is 0 Å². The van der Waals surface area contributed by atoms with E-state index in [1.807, 2.05) is 51.1 Å². The summed E-state index contributed by atoms with van der Waals surface area (Å²) >= 11 is 6.18. The lowest BCUT2D eigenvalue weighted by molar-refractivity contribution is -0.122. The molecule has 1 unspecified atom stereocenters. The molecular weight excluding hydrogens is 496 g/mol. The Kier molecular flexibility index (Phi) is 6.99. The van der Waals surface area contributed by atoms with E-state index in [0.29, 0.717) is 16.3 Å². The minimum Gasteiger partial charge on any atom is -0.326 e. The minimum atomic E-state index is -3.28. The molecule has 8 heteroatoms. The highest BCUT2D eigenvalue weighted by Crippen LogP contribution is 2.46. The van der Waals surface area contributed by atoms with Gasteiger partial charge in [-0.2, -0.15) is 0 Å². The fourth-order valence-corrected chi connectivity index (χ4v) is 5.60. The topological polar surface area (TPSA) is 83.5 Å². The number of hydrogen-bond donors (Lipinski definition) is 1. The van der Waals surface area contributed by atoms with Crippen molar-refractivity contribution >= 4 is 44.6 Å². The summed E-state index contributed by atoms with van der Waals surface area (Å²) in [5.41, 5.74) is 3.14. The predicted octanol–water partition coefficient (Wildman–Crippen LogP) is 5.70. The predicted molar refractivity (Wildman–Crippen MR) is 143 cm³/mol. The molecule has 0 fully saturated rings. The molecule has 0 saturated heterocycles. The number of carbonyl (C=O) groups excluding carboxylic acids is 2. The molecule has 0 radical (unpaired) electrons. The standard InChI is InChI=1S/C28H29ClN2O4S/c1-5-36(34,35)23-12-9-19(10-13-23)15-26(32)30-22-11-14-25-24(17-22)28(3,4)27(33)31(25)18(2)20-7-6-8-21(29)16-20/h6-14,16-18H,5,15H2,1-4H3,(H,30,32). The van der Waals surface area contributed by atoms with Crippen LogP contribution in [0.3, 0.4) is 0 Å². The van der Waals surface area contributed by atoms with Crippen LogP contribution in [-0.2, 0) is 31.3 Å². The van der Waals surface area contributed by atoms with Gasteiger partial charge in [-0.05, 0) is 79.9 Å². The van der Waals surface area contributed by atoms with Crippen molar-refractivity contribution in [1.82, 2.24) is 0 Å². The van der Waals surface area contributed by atoms with Gasteiger partial charge in [-0.1, -0.05) is 42.8 Å². The second-order valence-electron chi connectivity index (χ2n) is 9.54. The molecule has 3 aromatic carbocycles. The van der Waals surface area contributed by atoms with E-state index >= 15 is 0 Å². The number of nitrogens with zero attached hydrogens (tertiary/aromatic N) is 1. The van der Waals surface area contributed by atoms with Crippen LogP contribution >= 0.6 is 11.6 Å². The number of amides is 2. The van der Waals surface area contributed by atoms with E-state index in [9.17, 15) is 18.0 Å². The normalized spacial score (nSPS) is 15.5. The molecule has 0 bridgehead atoms. The SMILES string of the molecule is CCS(=O)(=O)c1ccc(CC(=O)Nc2ccc3c(c2)C(C)(C)C(=O)N3C(C)c2cccc(Cl)c2)cc1. The van der Waals surface area contributed by atoms with E-state index in [0.717, 1.165) is 16.8 Å². The quantitative estimate of drug-likeness (QED) is 0.429. The Morgan fingerprint density at radius 1 is 1.06 bits per heavy atom. The summed E-state index contributed by atoms with van der Waals surface area (Å²) in [7, 11) is -3.28. The number of rotatable bonds is 7. The fraction of sp³-hybridized carbons (Fsp3) is 0.286. The maximum Gasteiger partial charge on any atom is 0.237 e. The van der Waals surface area contributed by atoms with E-state index < -0.39 is 15.3 Å². The van der Waals surface area contributed by atoms with Crippen molar-refractivity contribution in [2.45, 2.75) is 50.5 Å². The molecule has 0 spiro atoms. The summed E-state index contributed by atoms with van der Waals surface area (Å²) in [6.07, 6.45) is 0.101. The first kappa shape index (κ1) is 25.9. The molecule has 2 amide bonds. The molecule has 36 heavy (non-hydrogen) atoms. The highest BCUT2D eigenvalue weighted by atomic mass is 35.5. The van der Waals surface area contributed by atoms with Crippen LogP contribution in [-0.4, -0.2) is 26.0 Å². The lowest BCUT2D eigenvalue weighted by Gasteiger charge is -2.27. The van der Waals surface area contributed by atoms with E-state index in [1.165, 1.54) is 12.1 Å². The average Bonchev–Trinajstić information content (AvgIpc) is 3.04. The molecular formula is C28H29ClN2O4S. The molecule has 1 aliphatic heterocycles. The van der Waals surface area contributed by atoms with Crippen molar-refractivity contribution in [2.24, 2.45) is 0 Å². The van der Waals surface area contributed by atoms with Crippen molar-refractivity contribution < 1.29 is 18.0 Å². The lowest BCUT2D eigenvalue weighted by atomic mass is 9.86. The molecule has 188 valence electrons. The molecule has 0 saturated carbocycles. The fourth-order valence-electron chi connectivity index (χ4n) is 4.52. The molecule has 1 N–H and O–H groups in total. The number of carbonyl (C=O) groups is 2. The third-order valence-electron chi connectivity index (χ3n) is 6.71. The van der Waals surface area contributed by atoms with Gasteiger partial charge < -0.3 is 10.2 Å². The summed E-state index contributed by atoms with van der Waals surface area (Å²) in [6, 6.07) is 19.2. The van der Waals surface area contributed by atoms with Crippen LogP contribution in [0.4, 0.5) is 11.4 Å². The van der Waals surface area contributed by atoms with E-state index in [1.54, 1.807) is 36.1 Å². The van der Waals surface area contributed by atoms with Gasteiger partial charge in [0.15, 0.2) is 9.84 Å². The Hall–Kier alpha value is -3.16. The second-order valence-corrected chi connectivity index (χ2v) is 12.3. The lowest BCUT2D eigenvalue weighted by Crippen LogP contribution is -2.37. The highest BCUT2D eigenvalue weighted by molar-refractivity contribution is 7.91. The molecule has 3 aromatic rings. The number of anilines is 2. The van der Waals surface area contributed by atoms with Crippen molar-refractivity contribution in [3.05, 3.63) is 88.4 Å². The van der Waals surface area contributed by atoms with Gasteiger partial charge in [0.1, 0.15) is 0 Å². The number of hydrogen-bond acceptors (Lipinski definition) is 4. The first-order valence-electron chi connectivity index (χ1n) is 11.8. The first-order chi connectivity index (χ1) is 16.9. The monoisotopic (exact) mass is 524 g/mol. The summed E-state index contributed by atoms with van der Waals surface area (Å²) in [6.45, 7) is 7.34. The molecule has 4 rings (SSSR count). The number of halogens is 1. The first-order valence-corrected chi connectivity index (χ1v) is 13.8. The molecule has 1 aliphatic rings. The maximum atomic E-state index is 13.4. The molecule has 1 heterocycles. The summed E-state index contributed by atoms with van der Waals surface area (Å²) in [5, 5.41) is 3.52. The molecule has 0 aromatic heterocycles. The van der Waals surface area contributed by atoms with E-state index in [2.05, 4.69) is 5.32 Å². The van der Waals surface area contributed by atoms with Crippen LogP contribution in [0.1, 0.15) is 50.4 Å². The largest absolute Gasteiger partial charge is 0.326 e. The summed E-state index contributed by atoms with van der Waals surface area (Å²) in [4.78, 5) is 28.2. The Balaban J connectivity index is 1.54. The number of nitrogens with one attached hydrogen (secondary N) is 1. The average molecular weight is 525 g/mol. The second kappa shape index (κ2) is 9.71. The van der Waals surface area contributed by atoms with Crippen molar-refractivity contribution in [2.75, 3.05) is 16.0 Å². The van der Waals surface area contributed by atoms with Gasteiger partial charge in [-0.25, -0.2) is 8.42 Å². The third kappa shape index (κ3) is 4.90. The zero-order chi connectivity index (χ0) is 26.3. The van der Waals surface area contributed by atoms with Crippen LogP contribution in [0.2, 0.25) is 5.02 Å². The Labute approximate surface area is 217 Å². The Morgan fingerprint density at radius 2 is 1.75 bits per heavy atom. The summed E-state index contributed by atoms with van der Waals surface area (Å²) < 4.78 is 24.0. The van der Waals surface area contributed by atoms with Crippen LogP contribution < -0.4 is 10.2 Å². The van der Waals surface area contributed by atoms with Crippen LogP contribution in [0, 0.1) is 0 Å². The smallest absolute Gasteiger partial charge is 0.237 e. The zero-order valence-electron chi connectivity index (χ0n) is 20.7. The van der Waals surface area contributed by atoms with Crippen molar-refractivity contribution in [3.8, 4) is 0 Å². The molecule has 6 nitrogen and oxygen atoms in total. The highest BCUT2D eigenvalue weighted by Gasteiger charge is 2.46. The molecule has 1 atom stereocenters. The minimum absolute atomic E-state index is 0.0180. The van der Waals surface area contributed by atoms with Gasteiger partial charge in [0.2, 0.25) is 11.8 Å². The third-order valence-corrected chi connectivity index (χ3v) is 8.70. The Morgan fingerprint density at radius 3 is 2.39 bits per heavy atom. The van der Waals surface area contributed by atoms with E-state index in [-0.39, 0.29) is 34.9 Å². The number of benzene rings is 3. The van der Waals surface area contributed by atoms with Crippen LogP contribution in [0.25, 0.3) is 0 Å². The zero-order valence-corrected chi connectivity index (χ0v) is 22.3. The van der Waals surface area contributed by atoms with Crippen LogP contribution in [0.5, 0.6) is 0 Å². The number of fused-ring (bicyclic) bond motifs is 1. The van der Waals surface area contributed by atoms with Gasteiger partial charge in [0.25, 0.3) is 0 Å². The van der Waals surface area contributed by atoms with Gasteiger partial charge in [0.05, 0.1) is 28.5 Å². The van der Waals surface area contributed by atoms with Crippen LogP contribution in [0.15, 0.2) is 71.6 Å². The van der Waals surface area contributed by atoms with Gasteiger partial charge in [0, 0.05) is 16.4 Å². The van der Waals surface area contributed by atoms with Gasteiger partial charge in [-0.3, -0.25) is 9.59 Å². The number of sulfone groups is 1. The summed E-state index contributed by atoms with van der Waals surface area (Å²) in [5.74, 6) is -0.220. The maximum absolute atomic E-state index is 13.4. The van der Waals surface area contributed by atoms with Gasteiger partial charge >= 0.3 is 0 Å².